The number of hydrogen-bond acceptors (Lipinski definition) is 2. The van der Waals surface area contributed by atoms with Crippen LogP contribution in [0.1, 0.15) is 29.0 Å². The maximum atomic E-state index is 13.6. The monoisotopic (exact) mass is 506 g/mol. The second-order valence-corrected chi connectivity index (χ2v) is 8.95. The summed E-state index contributed by atoms with van der Waals surface area (Å²) < 4.78 is 16.7. The number of pyridine rings is 1. The molecule has 1 saturated heterocycles. The molecule has 2 aromatic carbocycles. The van der Waals surface area contributed by atoms with Crippen molar-refractivity contribution in [1.29, 1.82) is 0 Å². The molecule has 1 N–H and O–H groups in total. The number of aryl methyl sites for hydroxylation is 1. The van der Waals surface area contributed by atoms with Crippen LogP contribution in [0.5, 0.6) is 0 Å². The lowest BCUT2D eigenvalue weighted by Gasteiger charge is -2.29. The van der Waals surface area contributed by atoms with Gasteiger partial charge in [-0.3, -0.25) is 4.98 Å². The molecule has 160 valence electrons. The molecule has 3 heterocycles. The fourth-order valence-electron chi connectivity index (χ4n) is 4.18. The maximum absolute atomic E-state index is 13.6. The van der Waals surface area contributed by atoms with Gasteiger partial charge in [-0.15, -0.1) is 0 Å². The van der Waals surface area contributed by atoms with Gasteiger partial charge in [0.1, 0.15) is 11.9 Å². The zero-order valence-corrected chi connectivity index (χ0v) is 19.6. The fraction of sp³-hybridized carbons (Fsp3) is 0.120. The van der Waals surface area contributed by atoms with Crippen LogP contribution in [0.25, 0.3) is 5.69 Å². The Labute approximate surface area is 199 Å². The molecule has 1 fully saturated rings. The van der Waals surface area contributed by atoms with Crippen LogP contribution in [0.4, 0.5) is 10.1 Å². The van der Waals surface area contributed by atoms with Crippen molar-refractivity contribution >= 4 is 38.9 Å². The highest BCUT2D eigenvalue weighted by molar-refractivity contribution is 9.10. The second-order valence-electron chi connectivity index (χ2n) is 7.71. The minimum atomic E-state index is -0.260. The zero-order chi connectivity index (χ0) is 22.2. The van der Waals surface area contributed by atoms with E-state index in [1.165, 1.54) is 12.1 Å². The Morgan fingerprint density at radius 3 is 2.50 bits per heavy atom. The molecule has 0 saturated carbocycles. The van der Waals surface area contributed by atoms with Crippen molar-refractivity contribution in [2.45, 2.75) is 19.0 Å². The summed E-state index contributed by atoms with van der Waals surface area (Å²) in [6, 6.07) is 22.4. The van der Waals surface area contributed by atoms with Crippen LogP contribution in [0.3, 0.4) is 0 Å². The molecule has 5 rings (SSSR count). The average molecular weight is 507 g/mol. The lowest BCUT2D eigenvalue weighted by atomic mass is 10.0. The fourth-order valence-corrected chi connectivity index (χ4v) is 4.78. The summed E-state index contributed by atoms with van der Waals surface area (Å²) in [6.45, 7) is 2.06. The third-order valence-electron chi connectivity index (χ3n) is 5.71. The highest BCUT2D eigenvalue weighted by Gasteiger charge is 2.42. The van der Waals surface area contributed by atoms with E-state index in [0.717, 1.165) is 32.8 Å². The number of hydrogen-bond donors (Lipinski definition) is 1. The van der Waals surface area contributed by atoms with Gasteiger partial charge in [0.2, 0.25) is 0 Å². The van der Waals surface area contributed by atoms with Gasteiger partial charge in [-0.05, 0) is 91.4 Å². The molecule has 2 atom stereocenters. The number of anilines is 1. The van der Waals surface area contributed by atoms with Gasteiger partial charge in [0.25, 0.3) is 0 Å². The Hall–Kier alpha value is -3.03. The molecule has 4 aromatic rings. The first-order chi connectivity index (χ1) is 15.5. The van der Waals surface area contributed by atoms with Crippen molar-refractivity contribution in [1.82, 2.24) is 14.9 Å². The minimum Gasteiger partial charge on any atom is -0.351 e. The summed E-state index contributed by atoms with van der Waals surface area (Å²) in [5.41, 5.74) is 4.94. The maximum Gasteiger partial charge on any atom is 0.174 e. The number of thiocarbonyl (C=S) groups is 1. The predicted molar refractivity (Wildman–Crippen MR) is 133 cm³/mol. The molecule has 0 amide bonds. The average Bonchev–Trinajstić information content (AvgIpc) is 3.41. The molecular formula is C25H20BrFN4S. The van der Waals surface area contributed by atoms with Crippen LogP contribution in [0.2, 0.25) is 0 Å². The predicted octanol–water partition coefficient (Wildman–Crippen LogP) is 6.26. The molecule has 7 heteroatoms. The third kappa shape index (κ3) is 3.72. The Bertz CT molecular complexity index is 1270. The van der Waals surface area contributed by atoms with Crippen LogP contribution in [0, 0.1) is 12.7 Å². The number of nitrogens with zero attached hydrogens (tertiary/aromatic N) is 3. The number of aromatic nitrogens is 2. The zero-order valence-electron chi connectivity index (χ0n) is 17.2. The van der Waals surface area contributed by atoms with Crippen LogP contribution in [-0.2, 0) is 0 Å². The van der Waals surface area contributed by atoms with E-state index in [9.17, 15) is 4.39 Å². The van der Waals surface area contributed by atoms with E-state index >= 15 is 0 Å². The Balaban J connectivity index is 1.67. The van der Waals surface area contributed by atoms with E-state index < -0.39 is 0 Å². The number of nitrogens with one attached hydrogen (secondary N) is 1. The first-order valence-corrected chi connectivity index (χ1v) is 11.4. The molecule has 2 aromatic heterocycles. The smallest absolute Gasteiger partial charge is 0.174 e. The second kappa shape index (κ2) is 8.48. The van der Waals surface area contributed by atoms with Gasteiger partial charge in [-0.25, -0.2) is 4.39 Å². The molecule has 0 aliphatic carbocycles. The van der Waals surface area contributed by atoms with E-state index in [4.69, 9.17) is 12.2 Å². The number of halogens is 2. The van der Waals surface area contributed by atoms with Crippen molar-refractivity contribution in [2.24, 2.45) is 0 Å². The van der Waals surface area contributed by atoms with Crippen LogP contribution in [0.15, 0.2) is 89.7 Å². The van der Waals surface area contributed by atoms with Crippen LogP contribution < -0.4 is 10.2 Å². The van der Waals surface area contributed by atoms with E-state index in [1.807, 2.05) is 36.5 Å². The summed E-state index contributed by atoms with van der Waals surface area (Å²) in [5, 5.41) is 4.13. The summed E-state index contributed by atoms with van der Waals surface area (Å²) in [7, 11) is 0. The van der Waals surface area contributed by atoms with E-state index in [1.54, 1.807) is 18.3 Å². The topological polar surface area (TPSA) is 33.1 Å². The highest BCUT2D eigenvalue weighted by atomic mass is 79.9. The SMILES string of the molecule is Cc1cc(N2C(=S)N[C@H](c3ccccn3)[C@H]2c2cccn2-c2ccc(F)cc2)ccc1Br. The quantitative estimate of drug-likeness (QED) is 0.331. The van der Waals surface area contributed by atoms with Gasteiger partial charge >= 0.3 is 0 Å². The largest absolute Gasteiger partial charge is 0.351 e. The minimum absolute atomic E-state index is 0.151. The van der Waals surface area contributed by atoms with Crippen molar-refractivity contribution in [2.75, 3.05) is 4.90 Å². The van der Waals surface area contributed by atoms with Gasteiger partial charge in [0.05, 0.1) is 11.7 Å². The van der Waals surface area contributed by atoms with Gasteiger partial charge in [0.15, 0.2) is 5.11 Å². The number of benzene rings is 2. The lowest BCUT2D eigenvalue weighted by molar-refractivity contribution is 0.549. The molecule has 0 radical (unpaired) electrons. The lowest BCUT2D eigenvalue weighted by Crippen LogP contribution is -2.30. The molecule has 1 aliphatic rings. The molecule has 32 heavy (non-hydrogen) atoms. The Morgan fingerprint density at radius 2 is 1.78 bits per heavy atom. The first kappa shape index (κ1) is 20.8. The van der Waals surface area contributed by atoms with Gasteiger partial charge in [-0.2, -0.15) is 0 Å². The molecular weight excluding hydrogens is 487 g/mol. The first-order valence-electron chi connectivity index (χ1n) is 10.2. The van der Waals surface area contributed by atoms with Gasteiger partial charge in [-0.1, -0.05) is 22.0 Å². The van der Waals surface area contributed by atoms with Crippen LogP contribution >= 0.6 is 28.1 Å². The normalized spacial score (nSPS) is 18.1. The summed E-state index contributed by atoms with van der Waals surface area (Å²) >= 11 is 9.41. The third-order valence-corrected chi connectivity index (χ3v) is 6.91. The van der Waals surface area contributed by atoms with Gasteiger partial charge in [0, 0.05) is 33.9 Å². The van der Waals surface area contributed by atoms with Crippen molar-refractivity contribution in [3.63, 3.8) is 0 Å². The molecule has 0 bridgehead atoms. The van der Waals surface area contributed by atoms with Crippen LogP contribution in [-0.4, -0.2) is 14.7 Å². The van der Waals surface area contributed by atoms with E-state index in [2.05, 4.69) is 60.8 Å². The molecule has 0 spiro atoms. The number of rotatable bonds is 4. The Kier molecular flexibility index (Phi) is 5.53. The molecule has 4 nitrogen and oxygen atoms in total. The summed E-state index contributed by atoms with van der Waals surface area (Å²) in [4.78, 5) is 6.76. The summed E-state index contributed by atoms with van der Waals surface area (Å²) in [5.74, 6) is -0.260. The molecule has 1 aliphatic heterocycles. The standard InChI is InChI=1S/C25H20BrFN4S/c1-16-15-19(11-12-20(16)26)31-24(23(29-25(31)32)21-5-2-3-13-28-21)22-6-4-14-30(22)18-9-7-17(27)8-10-18/h2-15,23-24H,1H3,(H,29,32)/t23-,24-/m1/s1. The van der Waals surface area contributed by atoms with Crippen molar-refractivity contribution in [3.05, 3.63) is 112 Å². The highest BCUT2D eigenvalue weighted by Crippen LogP contribution is 2.42. The van der Waals surface area contributed by atoms with Gasteiger partial charge < -0.3 is 14.8 Å². The molecule has 0 unspecified atom stereocenters. The Morgan fingerprint density at radius 1 is 1.00 bits per heavy atom. The van der Waals surface area contributed by atoms with Crippen molar-refractivity contribution < 1.29 is 4.39 Å². The van der Waals surface area contributed by atoms with Crippen molar-refractivity contribution in [3.8, 4) is 5.69 Å². The summed E-state index contributed by atoms with van der Waals surface area (Å²) in [6.07, 6.45) is 3.78. The van der Waals surface area contributed by atoms with E-state index in [0.29, 0.717) is 5.11 Å². The van der Waals surface area contributed by atoms with E-state index in [-0.39, 0.29) is 17.9 Å².